The van der Waals surface area contributed by atoms with Gasteiger partial charge in [0, 0.05) is 18.5 Å². The van der Waals surface area contributed by atoms with Gasteiger partial charge in [-0.05, 0) is 30.2 Å². The van der Waals surface area contributed by atoms with E-state index in [4.69, 9.17) is 10.6 Å². The fourth-order valence-electron chi connectivity index (χ4n) is 3.18. The predicted molar refractivity (Wildman–Crippen MR) is 109 cm³/mol. The number of ether oxygens (including phenoxy) is 1. The average Bonchev–Trinajstić information content (AvgIpc) is 3.24. The third kappa shape index (κ3) is 5.89. The summed E-state index contributed by atoms with van der Waals surface area (Å²) in [5, 5.41) is 5.48. The molecule has 1 atom stereocenters. The minimum atomic E-state index is -4.94. The van der Waals surface area contributed by atoms with E-state index in [9.17, 15) is 31.1 Å². The maximum atomic E-state index is 14.6. The lowest BCUT2D eigenvalue weighted by Gasteiger charge is -2.12. The van der Waals surface area contributed by atoms with Gasteiger partial charge in [0.2, 0.25) is 5.91 Å². The van der Waals surface area contributed by atoms with Gasteiger partial charge in [-0.15, -0.1) is 0 Å². The molecule has 1 aliphatic heterocycles. The quantitative estimate of drug-likeness (QED) is 0.290. The highest BCUT2D eigenvalue weighted by Crippen LogP contribution is 2.32. The predicted octanol–water partition coefficient (Wildman–Crippen LogP) is 3.83. The van der Waals surface area contributed by atoms with Crippen LogP contribution in [0.2, 0.25) is 0 Å². The monoisotopic (exact) mass is 472 g/mol. The Kier molecular flexibility index (Phi) is 7.36. The van der Waals surface area contributed by atoms with E-state index in [1.54, 1.807) is 0 Å². The van der Waals surface area contributed by atoms with Crippen molar-refractivity contribution in [2.45, 2.75) is 25.1 Å². The van der Waals surface area contributed by atoms with Gasteiger partial charge in [-0.25, -0.2) is 13.2 Å². The van der Waals surface area contributed by atoms with Gasteiger partial charge in [0.25, 0.3) is 0 Å². The number of aliphatic imine (C=N–C) groups is 1. The summed E-state index contributed by atoms with van der Waals surface area (Å²) in [6, 6.07) is 3.86. The second kappa shape index (κ2) is 10.0. The Bertz CT molecular complexity index is 1070. The number of hydrogen-bond donors (Lipinski definition) is 2. The molecule has 3 rings (SSSR count). The molecular weight excluding hydrogens is 454 g/mol. The van der Waals surface area contributed by atoms with Crippen LogP contribution < -0.4 is 11.2 Å². The summed E-state index contributed by atoms with van der Waals surface area (Å²) in [5.74, 6) is 0.432. The van der Waals surface area contributed by atoms with Crippen molar-refractivity contribution in [2.24, 2.45) is 15.9 Å². The maximum Gasteiger partial charge on any atom is 0.419 e. The molecule has 176 valence electrons. The molecule has 1 unspecified atom stereocenters. The highest BCUT2D eigenvalue weighted by molar-refractivity contribution is 6.38. The number of carbonyl (C=O) groups excluding carboxylic acids is 1. The smallest absolute Gasteiger partial charge is 0.379 e. The normalized spacial score (nSPS) is 17.0. The van der Waals surface area contributed by atoms with E-state index in [0.29, 0.717) is 25.7 Å². The van der Waals surface area contributed by atoms with Crippen LogP contribution in [0.5, 0.6) is 0 Å². The molecule has 33 heavy (non-hydrogen) atoms. The Labute approximate surface area is 184 Å². The number of halogens is 6. The van der Waals surface area contributed by atoms with Gasteiger partial charge in [-0.1, -0.05) is 12.1 Å². The number of carbonyl (C=O) groups is 1. The number of amides is 1. The van der Waals surface area contributed by atoms with Crippen LogP contribution in [0.25, 0.3) is 0 Å². The summed E-state index contributed by atoms with van der Waals surface area (Å²) >= 11 is 0. The molecule has 0 radical (unpaired) electrons. The largest absolute Gasteiger partial charge is 0.419 e. The summed E-state index contributed by atoms with van der Waals surface area (Å²) in [4.78, 5) is 16.3. The van der Waals surface area contributed by atoms with E-state index in [0.717, 1.165) is 30.5 Å². The Morgan fingerprint density at radius 1 is 1.21 bits per heavy atom. The van der Waals surface area contributed by atoms with Crippen LogP contribution in [0.4, 0.5) is 32.0 Å². The van der Waals surface area contributed by atoms with Gasteiger partial charge in [0.05, 0.1) is 30.2 Å². The first-order valence-electron chi connectivity index (χ1n) is 9.62. The van der Waals surface area contributed by atoms with Crippen LogP contribution in [-0.2, 0) is 22.1 Å². The van der Waals surface area contributed by atoms with E-state index >= 15 is 0 Å². The van der Waals surface area contributed by atoms with Crippen molar-refractivity contribution >= 4 is 23.5 Å². The number of nitrogens with two attached hydrogens (primary N) is 1. The molecule has 0 bridgehead atoms. The van der Waals surface area contributed by atoms with E-state index in [2.05, 4.69) is 15.4 Å². The van der Waals surface area contributed by atoms with Crippen LogP contribution in [-0.4, -0.2) is 37.1 Å². The third-order valence-corrected chi connectivity index (χ3v) is 4.77. The Morgan fingerprint density at radius 2 is 1.91 bits per heavy atom. The van der Waals surface area contributed by atoms with Crippen molar-refractivity contribution in [2.75, 3.05) is 18.5 Å². The molecule has 1 aliphatic rings. The molecule has 2 aromatic carbocycles. The van der Waals surface area contributed by atoms with Crippen LogP contribution in [0, 0.1) is 17.5 Å². The molecule has 1 heterocycles. The zero-order valence-electron chi connectivity index (χ0n) is 16.9. The molecule has 1 amide bonds. The van der Waals surface area contributed by atoms with Crippen LogP contribution in [0.3, 0.4) is 0 Å². The summed E-state index contributed by atoms with van der Waals surface area (Å²) in [6.45, 7) is 0.870. The Hall–Kier alpha value is -3.41. The second-order valence-electron chi connectivity index (χ2n) is 7.13. The molecule has 0 spiro atoms. The van der Waals surface area contributed by atoms with Gasteiger partial charge in [0.1, 0.15) is 23.2 Å². The highest BCUT2D eigenvalue weighted by atomic mass is 19.4. The third-order valence-electron chi connectivity index (χ3n) is 4.77. The number of anilines is 1. The topological polar surface area (TPSA) is 89.1 Å². The molecule has 0 aromatic heterocycles. The standard InChI is InChI=1S/C21H18F6N4O2/c22-15-7-13(8-16(23)19(15)17(31-28)9-29-12-4-5-33-10-12)30-18(32)6-11-2-1-3-14(20(11)24)21(25,26)27/h1-3,7-9,12H,4-6,10,28H2,(H,30,32)/b29-9?,31-17+. The lowest BCUT2D eigenvalue weighted by atomic mass is 10.1. The molecule has 6 nitrogen and oxygen atoms in total. The zero-order chi connectivity index (χ0) is 24.2. The summed E-state index contributed by atoms with van der Waals surface area (Å²) in [5.41, 5.74) is -3.23. The number of nitrogens with zero attached hydrogens (tertiary/aromatic N) is 2. The van der Waals surface area contributed by atoms with Crippen molar-refractivity contribution in [1.29, 1.82) is 0 Å². The first kappa shape index (κ1) is 24.2. The van der Waals surface area contributed by atoms with Crippen LogP contribution in [0.1, 0.15) is 23.1 Å². The zero-order valence-corrected chi connectivity index (χ0v) is 16.9. The fraction of sp³-hybridized carbons (Fsp3) is 0.286. The summed E-state index contributed by atoms with van der Waals surface area (Å²) < 4.78 is 86.9. The minimum absolute atomic E-state index is 0.192. The van der Waals surface area contributed by atoms with Gasteiger partial charge in [-0.3, -0.25) is 9.79 Å². The summed E-state index contributed by atoms with van der Waals surface area (Å²) in [7, 11) is 0. The van der Waals surface area contributed by atoms with Crippen LogP contribution >= 0.6 is 0 Å². The molecule has 1 saturated heterocycles. The Balaban J connectivity index is 1.76. The summed E-state index contributed by atoms with van der Waals surface area (Å²) in [6.07, 6.45) is -3.96. The molecule has 1 fully saturated rings. The van der Waals surface area contributed by atoms with Gasteiger partial charge >= 0.3 is 6.18 Å². The van der Waals surface area contributed by atoms with Gasteiger partial charge < -0.3 is 15.9 Å². The van der Waals surface area contributed by atoms with Crippen molar-refractivity contribution in [3.63, 3.8) is 0 Å². The van der Waals surface area contributed by atoms with Crippen molar-refractivity contribution in [3.05, 3.63) is 64.5 Å². The molecule has 2 aromatic rings. The minimum Gasteiger partial charge on any atom is -0.379 e. The SMILES string of the molecule is N/N=C(\C=NC1CCOC1)c1c(F)cc(NC(=O)Cc2cccc(C(F)(F)F)c2F)cc1F. The molecule has 0 saturated carbocycles. The molecule has 12 heteroatoms. The first-order chi connectivity index (χ1) is 15.6. The van der Waals surface area contributed by atoms with E-state index < -0.39 is 52.6 Å². The molecule has 0 aliphatic carbocycles. The number of hydrogen-bond acceptors (Lipinski definition) is 5. The number of nitrogens with one attached hydrogen (secondary N) is 1. The second-order valence-corrected chi connectivity index (χ2v) is 7.13. The molecule has 3 N–H and O–H groups in total. The van der Waals surface area contributed by atoms with E-state index in [1.165, 1.54) is 0 Å². The number of alkyl halides is 3. The van der Waals surface area contributed by atoms with E-state index in [-0.39, 0.29) is 17.4 Å². The van der Waals surface area contributed by atoms with Crippen LogP contribution in [0.15, 0.2) is 40.4 Å². The van der Waals surface area contributed by atoms with Crippen molar-refractivity contribution < 1.29 is 35.9 Å². The number of benzene rings is 2. The van der Waals surface area contributed by atoms with Crippen molar-refractivity contribution in [1.82, 2.24) is 0 Å². The first-order valence-corrected chi connectivity index (χ1v) is 9.62. The number of rotatable bonds is 6. The lowest BCUT2D eigenvalue weighted by Crippen LogP contribution is -2.18. The average molecular weight is 472 g/mol. The maximum absolute atomic E-state index is 14.6. The fourth-order valence-corrected chi connectivity index (χ4v) is 3.18. The lowest BCUT2D eigenvalue weighted by molar-refractivity contribution is -0.140. The van der Waals surface area contributed by atoms with E-state index in [1.807, 2.05) is 0 Å². The van der Waals surface area contributed by atoms with Gasteiger partial charge in [0.15, 0.2) is 0 Å². The van der Waals surface area contributed by atoms with Gasteiger partial charge in [-0.2, -0.15) is 18.3 Å². The Morgan fingerprint density at radius 3 is 2.48 bits per heavy atom. The molecular formula is C21H18F6N4O2. The highest BCUT2D eigenvalue weighted by Gasteiger charge is 2.35. The van der Waals surface area contributed by atoms with Crippen molar-refractivity contribution in [3.8, 4) is 0 Å². The number of hydrazone groups is 1.